The first-order chi connectivity index (χ1) is 15.2. The second-order valence-electron chi connectivity index (χ2n) is 8.07. The molecule has 0 spiro atoms. The molecule has 3 aromatic rings. The van der Waals surface area contributed by atoms with E-state index in [9.17, 15) is 4.79 Å². The number of ether oxygens (including phenoxy) is 1. The fourth-order valence-electron chi connectivity index (χ4n) is 4.32. The zero-order valence-corrected chi connectivity index (χ0v) is 17.8. The van der Waals surface area contributed by atoms with Crippen molar-refractivity contribution in [2.45, 2.75) is 6.92 Å². The number of carbonyl (C=O) groups is 1. The molecule has 0 unspecified atom stereocenters. The fourth-order valence-corrected chi connectivity index (χ4v) is 4.32. The molecule has 7 heteroatoms. The highest BCUT2D eigenvalue weighted by Gasteiger charge is 2.25. The molecule has 7 nitrogen and oxygen atoms in total. The van der Waals surface area contributed by atoms with Crippen LogP contribution >= 0.6 is 0 Å². The number of anilines is 2. The van der Waals surface area contributed by atoms with E-state index in [2.05, 4.69) is 14.8 Å². The van der Waals surface area contributed by atoms with Crippen LogP contribution in [0.3, 0.4) is 0 Å². The van der Waals surface area contributed by atoms with Gasteiger partial charge in [-0.1, -0.05) is 36.4 Å². The highest BCUT2D eigenvalue weighted by atomic mass is 16.5. The van der Waals surface area contributed by atoms with E-state index in [-0.39, 0.29) is 5.91 Å². The Morgan fingerprint density at radius 2 is 1.61 bits per heavy atom. The minimum atomic E-state index is 0.101. The Morgan fingerprint density at radius 1 is 0.871 bits per heavy atom. The molecule has 2 aromatic carbocycles. The molecule has 0 N–H and O–H groups in total. The van der Waals surface area contributed by atoms with Gasteiger partial charge in [0.25, 0.3) is 5.91 Å². The predicted octanol–water partition coefficient (Wildman–Crippen LogP) is 2.74. The molecule has 0 atom stereocenters. The van der Waals surface area contributed by atoms with Gasteiger partial charge in [-0.3, -0.25) is 4.79 Å². The van der Waals surface area contributed by atoms with E-state index < -0.39 is 0 Å². The molecular weight excluding hydrogens is 390 g/mol. The Kier molecular flexibility index (Phi) is 5.42. The van der Waals surface area contributed by atoms with Crippen LogP contribution in [-0.4, -0.2) is 73.3 Å². The summed E-state index contributed by atoms with van der Waals surface area (Å²) in [5.41, 5.74) is 1.74. The Hall–Kier alpha value is -3.19. The summed E-state index contributed by atoms with van der Waals surface area (Å²) in [6.07, 6.45) is 0. The number of aromatic nitrogens is 2. The van der Waals surface area contributed by atoms with Gasteiger partial charge in [-0.15, -0.1) is 0 Å². The monoisotopic (exact) mass is 417 g/mol. The maximum absolute atomic E-state index is 13.2. The average molecular weight is 418 g/mol. The third-order valence-corrected chi connectivity index (χ3v) is 6.03. The van der Waals surface area contributed by atoms with E-state index in [1.54, 1.807) is 0 Å². The number of nitrogens with zero attached hydrogens (tertiary/aromatic N) is 5. The Bertz CT molecular complexity index is 1080. The number of rotatable bonds is 3. The number of amides is 1. The van der Waals surface area contributed by atoms with E-state index in [1.807, 2.05) is 60.4 Å². The SMILES string of the molecule is Cc1cc(N2CCN(C(=O)c3cccc4ccccc34)CC2)nc(N2CCOCC2)n1. The molecule has 2 aliphatic rings. The van der Waals surface area contributed by atoms with Crippen LogP contribution in [0.4, 0.5) is 11.8 Å². The predicted molar refractivity (Wildman–Crippen MR) is 122 cm³/mol. The van der Waals surface area contributed by atoms with Gasteiger partial charge in [-0.05, 0) is 23.8 Å². The van der Waals surface area contributed by atoms with Gasteiger partial charge in [0.05, 0.1) is 13.2 Å². The molecule has 160 valence electrons. The van der Waals surface area contributed by atoms with Crippen molar-refractivity contribution in [2.24, 2.45) is 0 Å². The Morgan fingerprint density at radius 3 is 2.42 bits per heavy atom. The molecule has 31 heavy (non-hydrogen) atoms. The molecule has 2 fully saturated rings. The smallest absolute Gasteiger partial charge is 0.254 e. The van der Waals surface area contributed by atoms with Crippen molar-refractivity contribution in [1.29, 1.82) is 0 Å². The van der Waals surface area contributed by atoms with Gasteiger partial charge in [0.1, 0.15) is 5.82 Å². The molecule has 5 rings (SSSR count). The molecule has 0 radical (unpaired) electrons. The van der Waals surface area contributed by atoms with Crippen LogP contribution < -0.4 is 9.80 Å². The van der Waals surface area contributed by atoms with Gasteiger partial charge in [-0.25, -0.2) is 4.98 Å². The molecular formula is C24H27N5O2. The summed E-state index contributed by atoms with van der Waals surface area (Å²) in [6.45, 7) is 7.94. The molecule has 2 saturated heterocycles. The first-order valence-corrected chi connectivity index (χ1v) is 10.9. The Balaban J connectivity index is 1.30. The first-order valence-electron chi connectivity index (χ1n) is 10.9. The molecule has 1 aromatic heterocycles. The number of hydrogen-bond donors (Lipinski definition) is 0. The summed E-state index contributed by atoms with van der Waals surface area (Å²) in [7, 11) is 0. The van der Waals surface area contributed by atoms with Crippen LogP contribution in [0.1, 0.15) is 16.1 Å². The molecule has 2 aliphatic heterocycles. The lowest BCUT2D eigenvalue weighted by Crippen LogP contribution is -2.49. The van der Waals surface area contributed by atoms with Gasteiger partial charge in [0, 0.05) is 56.6 Å². The number of carbonyl (C=O) groups excluding carboxylic acids is 1. The maximum Gasteiger partial charge on any atom is 0.254 e. The van der Waals surface area contributed by atoms with Crippen molar-refractivity contribution in [2.75, 3.05) is 62.3 Å². The van der Waals surface area contributed by atoms with Crippen LogP contribution in [0.5, 0.6) is 0 Å². The fraction of sp³-hybridized carbons (Fsp3) is 0.375. The minimum Gasteiger partial charge on any atom is -0.378 e. The van der Waals surface area contributed by atoms with E-state index >= 15 is 0 Å². The molecule has 3 heterocycles. The quantitative estimate of drug-likeness (QED) is 0.653. The minimum absolute atomic E-state index is 0.101. The van der Waals surface area contributed by atoms with E-state index in [4.69, 9.17) is 9.72 Å². The molecule has 1 amide bonds. The van der Waals surface area contributed by atoms with E-state index in [0.717, 1.165) is 60.0 Å². The van der Waals surface area contributed by atoms with Crippen molar-refractivity contribution < 1.29 is 9.53 Å². The van der Waals surface area contributed by atoms with Crippen LogP contribution in [0.2, 0.25) is 0 Å². The summed E-state index contributed by atoms with van der Waals surface area (Å²) in [4.78, 5) is 29.1. The summed E-state index contributed by atoms with van der Waals surface area (Å²) in [5, 5.41) is 2.11. The van der Waals surface area contributed by atoms with E-state index in [0.29, 0.717) is 26.3 Å². The molecule has 0 bridgehead atoms. The summed E-state index contributed by atoms with van der Waals surface area (Å²) < 4.78 is 5.45. The third-order valence-electron chi connectivity index (χ3n) is 6.03. The summed E-state index contributed by atoms with van der Waals surface area (Å²) in [5.74, 6) is 1.81. The second-order valence-corrected chi connectivity index (χ2v) is 8.07. The highest BCUT2D eigenvalue weighted by molar-refractivity contribution is 6.07. The number of piperazine rings is 1. The topological polar surface area (TPSA) is 61.8 Å². The van der Waals surface area contributed by atoms with Gasteiger partial charge in [0.2, 0.25) is 5.95 Å². The van der Waals surface area contributed by atoms with Crippen molar-refractivity contribution in [1.82, 2.24) is 14.9 Å². The zero-order chi connectivity index (χ0) is 21.2. The van der Waals surface area contributed by atoms with Crippen LogP contribution in [-0.2, 0) is 4.74 Å². The second kappa shape index (κ2) is 8.51. The highest BCUT2D eigenvalue weighted by Crippen LogP contribution is 2.23. The maximum atomic E-state index is 13.2. The summed E-state index contributed by atoms with van der Waals surface area (Å²) in [6, 6.07) is 16.0. The lowest BCUT2D eigenvalue weighted by Gasteiger charge is -2.36. The number of aryl methyl sites for hydroxylation is 1. The zero-order valence-electron chi connectivity index (χ0n) is 17.8. The van der Waals surface area contributed by atoms with E-state index in [1.165, 1.54) is 0 Å². The molecule has 0 aliphatic carbocycles. The normalized spacial score (nSPS) is 17.3. The first kappa shape index (κ1) is 19.8. The largest absolute Gasteiger partial charge is 0.378 e. The lowest BCUT2D eigenvalue weighted by molar-refractivity contribution is 0.0748. The van der Waals surface area contributed by atoms with Gasteiger partial charge in [0.15, 0.2) is 0 Å². The van der Waals surface area contributed by atoms with Crippen molar-refractivity contribution in [3.8, 4) is 0 Å². The van der Waals surface area contributed by atoms with Crippen molar-refractivity contribution in [3.63, 3.8) is 0 Å². The van der Waals surface area contributed by atoms with Crippen LogP contribution in [0.25, 0.3) is 10.8 Å². The van der Waals surface area contributed by atoms with Crippen molar-refractivity contribution in [3.05, 3.63) is 59.8 Å². The summed E-state index contributed by atoms with van der Waals surface area (Å²) >= 11 is 0. The lowest BCUT2D eigenvalue weighted by atomic mass is 10.0. The van der Waals surface area contributed by atoms with Crippen LogP contribution in [0.15, 0.2) is 48.5 Å². The van der Waals surface area contributed by atoms with Gasteiger partial charge >= 0.3 is 0 Å². The number of fused-ring (bicyclic) bond motifs is 1. The van der Waals surface area contributed by atoms with Gasteiger partial charge in [-0.2, -0.15) is 4.98 Å². The van der Waals surface area contributed by atoms with Crippen molar-refractivity contribution >= 4 is 28.4 Å². The van der Waals surface area contributed by atoms with Crippen LogP contribution in [0, 0.1) is 6.92 Å². The number of hydrogen-bond acceptors (Lipinski definition) is 6. The number of benzene rings is 2. The third kappa shape index (κ3) is 4.05. The number of morpholine rings is 1. The van der Waals surface area contributed by atoms with Gasteiger partial charge < -0.3 is 19.4 Å². The molecule has 0 saturated carbocycles. The standard InChI is InChI=1S/C24H27N5O2/c1-18-17-22(26-24(25-18)29-13-15-31-16-14-29)27-9-11-28(12-10-27)23(30)21-8-4-6-19-5-2-3-7-20(19)21/h2-8,17H,9-16H2,1H3. The Labute approximate surface area is 182 Å². The average Bonchev–Trinajstić information content (AvgIpc) is 2.83.